The van der Waals surface area contributed by atoms with E-state index in [1.165, 1.54) is 24.3 Å². The van der Waals surface area contributed by atoms with Gasteiger partial charge in [-0.05, 0) is 18.2 Å². The van der Waals surface area contributed by atoms with Gasteiger partial charge in [-0.2, -0.15) is 8.42 Å². The third-order valence-corrected chi connectivity index (χ3v) is 5.82. The number of nitro groups is 1. The maximum Gasteiger partial charge on any atom is 0.346 e. The van der Waals surface area contributed by atoms with Crippen LogP contribution in [0.3, 0.4) is 0 Å². The first kappa shape index (κ1) is 19.0. The summed E-state index contributed by atoms with van der Waals surface area (Å²) in [6, 6.07) is 11.0. The van der Waals surface area contributed by atoms with Gasteiger partial charge in [0.1, 0.15) is 10.1 Å². The Kier molecular flexibility index (Phi) is 5.26. The van der Waals surface area contributed by atoms with E-state index < -0.39 is 31.5 Å². The number of para-hydroxylation sites is 2. The van der Waals surface area contributed by atoms with Crippen LogP contribution in [-0.2, 0) is 14.9 Å². The van der Waals surface area contributed by atoms with Crippen molar-refractivity contribution in [1.82, 2.24) is 5.32 Å². The van der Waals surface area contributed by atoms with Gasteiger partial charge in [-0.15, -0.1) is 0 Å². The summed E-state index contributed by atoms with van der Waals surface area (Å²) in [6.07, 6.45) is 1.43. The van der Waals surface area contributed by atoms with Crippen molar-refractivity contribution in [2.45, 2.75) is 4.90 Å². The van der Waals surface area contributed by atoms with Crippen molar-refractivity contribution in [3.63, 3.8) is 0 Å². The lowest BCUT2D eigenvalue weighted by molar-refractivity contribution is -0.387. The number of amides is 1. The number of carbonyl (C=O) groups excluding carboxylic acids is 1. The molecule has 1 aliphatic heterocycles. The number of nitrogens with zero attached hydrogens (tertiary/aromatic N) is 1. The predicted molar refractivity (Wildman–Crippen MR) is 104 cm³/mol. The van der Waals surface area contributed by atoms with Gasteiger partial charge in [0.15, 0.2) is 4.90 Å². The second-order valence-electron chi connectivity index (χ2n) is 5.15. The van der Waals surface area contributed by atoms with Gasteiger partial charge in [-0.25, -0.2) is 0 Å². The standard InChI is InChI=1S/C16H10N2O6S3/c19-15-13(26-16(25)17-15)9-10-5-1-3-7-12(10)24-27(22,23)14-8-4-2-6-11(14)18(20)21/h1-9H,(H,17,19,25). The molecule has 0 bridgehead atoms. The highest BCUT2D eigenvalue weighted by Gasteiger charge is 2.28. The minimum atomic E-state index is -4.47. The van der Waals surface area contributed by atoms with Crippen LogP contribution in [0.2, 0.25) is 0 Å². The number of nitrogens with one attached hydrogen (secondary N) is 1. The van der Waals surface area contributed by atoms with E-state index in [9.17, 15) is 23.3 Å². The fraction of sp³-hybridized carbons (Fsp3) is 0. The number of hydrogen-bond acceptors (Lipinski definition) is 8. The summed E-state index contributed by atoms with van der Waals surface area (Å²) < 4.78 is 30.6. The van der Waals surface area contributed by atoms with E-state index in [1.807, 2.05) is 0 Å². The molecule has 0 aromatic heterocycles. The SMILES string of the molecule is O=C1NC(=S)SC1=Cc1ccccc1OS(=O)(=O)c1ccccc1[N+](=O)[O-]. The highest BCUT2D eigenvalue weighted by atomic mass is 32.2. The van der Waals surface area contributed by atoms with Gasteiger partial charge < -0.3 is 9.50 Å². The van der Waals surface area contributed by atoms with Crippen LogP contribution in [0.5, 0.6) is 5.75 Å². The van der Waals surface area contributed by atoms with Gasteiger partial charge >= 0.3 is 10.1 Å². The van der Waals surface area contributed by atoms with Crippen molar-refractivity contribution in [2.24, 2.45) is 0 Å². The fourth-order valence-corrected chi connectivity index (χ4v) is 4.38. The van der Waals surface area contributed by atoms with Crippen LogP contribution in [0.25, 0.3) is 6.08 Å². The lowest BCUT2D eigenvalue weighted by atomic mass is 10.2. The summed E-state index contributed by atoms with van der Waals surface area (Å²) in [4.78, 5) is 21.8. The first-order chi connectivity index (χ1) is 12.8. The Morgan fingerprint density at radius 1 is 1.15 bits per heavy atom. The zero-order valence-electron chi connectivity index (χ0n) is 13.3. The molecular weight excluding hydrogens is 412 g/mol. The molecule has 0 atom stereocenters. The fourth-order valence-electron chi connectivity index (χ4n) is 2.22. The minimum Gasteiger partial charge on any atom is -0.378 e. The molecule has 11 heteroatoms. The second-order valence-corrected chi connectivity index (χ2v) is 8.39. The molecule has 0 unspecified atom stereocenters. The monoisotopic (exact) mass is 422 g/mol. The quantitative estimate of drug-likeness (QED) is 0.257. The largest absolute Gasteiger partial charge is 0.378 e. The molecular formula is C16H10N2O6S3. The van der Waals surface area contributed by atoms with Gasteiger partial charge in [0.2, 0.25) is 0 Å². The molecule has 0 aliphatic carbocycles. The van der Waals surface area contributed by atoms with Crippen molar-refractivity contribution in [3.8, 4) is 5.75 Å². The molecule has 27 heavy (non-hydrogen) atoms. The molecule has 3 rings (SSSR count). The van der Waals surface area contributed by atoms with E-state index in [2.05, 4.69) is 5.32 Å². The molecule has 0 spiro atoms. The van der Waals surface area contributed by atoms with Crippen LogP contribution in [0.1, 0.15) is 5.56 Å². The van der Waals surface area contributed by atoms with Gasteiger partial charge in [-0.3, -0.25) is 14.9 Å². The van der Waals surface area contributed by atoms with Crippen LogP contribution in [0.15, 0.2) is 58.3 Å². The van der Waals surface area contributed by atoms with Crippen molar-refractivity contribution in [1.29, 1.82) is 0 Å². The first-order valence-corrected chi connectivity index (χ1v) is 9.93. The highest BCUT2D eigenvalue weighted by molar-refractivity contribution is 8.26. The van der Waals surface area contributed by atoms with E-state index >= 15 is 0 Å². The Morgan fingerprint density at radius 3 is 2.48 bits per heavy atom. The smallest absolute Gasteiger partial charge is 0.346 e. The zero-order chi connectivity index (χ0) is 19.6. The van der Waals surface area contributed by atoms with Gasteiger partial charge in [-0.1, -0.05) is 54.3 Å². The zero-order valence-corrected chi connectivity index (χ0v) is 15.8. The normalized spacial score (nSPS) is 15.6. The summed E-state index contributed by atoms with van der Waals surface area (Å²) in [5.74, 6) is -0.476. The van der Waals surface area contributed by atoms with Crippen molar-refractivity contribution >= 4 is 56.1 Å². The summed E-state index contributed by atoms with van der Waals surface area (Å²) in [5.41, 5.74) is -0.286. The third kappa shape index (κ3) is 4.15. The Labute approximate surface area is 163 Å². The van der Waals surface area contributed by atoms with Gasteiger partial charge in [0.25, 0.3) is 11.6 Å². The third-order valence-electron chi connectivity index (χ3n) is 3.38. The van der Waals surface area contributed by atoms with Crippen molar-refractivity contribution in [2.75, 3.05) is 0 Å². The molecule has 1 heterocycles. The van der Waals surface area contributed by atoms with Crippen LogP contribution in [0.4, 0.5) is 5.69 Å². The lowest BCUT2D eigenvalue weighted by Gasteiger charge is -2.10. The number of rotatable bonds is 5. The summed E-state index contributed by atoms with van der Waals surface area (Å²) in [7, 11) is -4.47. The Bertz CT molecular complexity index is 1090. The summed E-state index contributed by atoms with van der Waals surface area (Å²) >= 11 is 5.95. The van der Waals surface area contributed by atoms with Crippen molar-refractivity contribution < 1.29 is 22.3 Å². The first-order valence-electron chi connectivity index (χ1n) is 7.30. The Morgan fingerprint density at radius 2 is 1.81 bits per heavy atom. The molecule has 1 amide bonds. The summed E-state index contributed by atoms with van der Waals surface area (Å²) in [5, 5.41) is 13.6. The van der Waals surface area contributed by atoms with Crippen LogP contribution in [-0.4, -0.2) is 23.6 Å². The Balaban J connectivity index is 2.00. The van der Waals surface area contributed by atoms with E-state index in [0.29, 0.717) is 5.56 Å². The highest BCUT2D eigenvalue weighted by Crippen LogP contribution is 2.32. The molecule has 0 radical (unpaired) electrons. The van der Waals surface area contributed by atoms with Crippen molar-refractivity contribution in [3.05, 3.63) is 69.1 Å². The second kappa shape index (κ2) is 7.47. The number of hydrogen-bond donors (Lipinski definition) is 1. The van der Waals surface area contributed by atoms with Gasteiger partial charge in [0.05, 0.1) is 9.83 Å². The lowest BCUT2D eigenvalue weighted by Crippen LogP contribution is -2.17. The molecule has 1 fully saturated rings. The number of nitro benzene ring substituents is 1. The molecule has 2 aromatic rings. The number of thioether (sulfide) groups is 1. The number of thiocarbonyl (C=S) groups is 1. The number of carbonyl (C=O) groups is 1. The van der Waals surface area contributed by atoms with Crippen LogP contribution in [0, 0.1) is 10.1 Å². The average Bonchev–Trinajstić information content (AvgIpc) is 2.93. The van der Waals surface area contributed by atoms with E-state index in [4.69, 9.17) is 16.4 Å². The average molecular weight is 422 g/mol. The molecule has 1 N–H and O–H groups in total. The number of benzene rings is 2. The minimum absolute atomic E-state index is 0.0747. The predicted octanol–water partition coefficient (Wildman–Crippen LogP) is 2.85. The molecule has 2 aromatic carbocycles. The topological polar surface area (TPSA) is 116 Å². The Hall–Kier alpha value is -2.76. The summed E-state index contributed by atoms with van der Waals surface area (Å²) in [6.45, 7) is 0. The maximum atomic E-state index is 12.6. The van der Waals surface area contributed by atoms with E-state index in [-0.39, 0.29) is 15.0 Å². The molecule has 0 saturated carbocycles. The van der Waals surface area contributed by atoms with E-state index in [1.54, 1.807) is 18.2 Å². The van der Waals surface area contributed by atoms with Gasteiger partial charge in [0, 0.05) is 11.6 Å². The molecule has 1 saturated heterocycles. The molecule has 1 aliphatic rings. The molecule has 8 nitrogen and oxygen atoms in total. The van der Waals surface area contributed by atoms with Crippen LogP contribution < -0.4 is 9.50 Å². The van der Waals surface area contributed by atoms with Crippen LogP contribution >= 0.6 is 24.0 Å². The maximum absolute atomic E-state index is 12.6. The van der Waals surface area contributed by atoms with E-state index in [0.717, 1.165) is 23.9 Å². The molecule has 138 valence electrons.